The van der Waals surface area contributed by atoms with Crippen molar-refractivity contribution in [2.24, 2.45) is 4.40 Å². The van der Waals surface area contributed by atoms with E-state index in [1.807, 2.05) is 0 Å². The van der Waals surface area contributed by atoms with Crippen LogP contribution in [0.15, 0.2) is 63.9 Å². The summed E-state index contributed by atoms with van der Waals surface area (Å²) in [5.74, 6) is -1.25. The number of hydrogen-bond donors (Lipinski definition) is 0. The molecular formula is C16H14NNaO6S2. The van der Waals surface area contributed by atoms with Crippen molar-refractivity contribution >= 4 is 32.1 Å². The topological polar surface area (TPSA) is 121 Å². The van der Waals surface area contributed by atoms with Crippen LogP contribution in [0.25, 0.3) is 0 Å². The predicted molar refractivity (Wildman–Crippen MR) is 91.2 cm³/mol. The Labute approximate surface area is 174 Å². The molecule has 0 heterocycles. The molecule has 0 N–H and O–H groups in total. The monoisotopic (exact) mass is 403 g/mol. The Balaban J connectivity index is 0.00000338. The van der Waals surface area contributed by atoms with Crippen LogP contribution in [0.1, 0.15) is 22.3 Å². The zero-order valence-electron chi connectivity index (χ0n) is 13.9. The van der Waals surface area contributed by atoms with Crippen molar-refractivity contribution in [3.8, 4) is 0 Å². The molecule has 0 unspecified atom stereocenters. The molecule has 2 aromatic carbocycles. The van der Waals surface area contributed by atoms with Crippen molar-refractivity contribution in [2.45, 2.75) is 11.3 Å². The summed E-state index contributed by atoms with van der Waals surface area (Å²) in [7, 11) is -8.25. The number of carbonyl (C=O) groups is 1. The summed E-state index contributed by atoms with van der Waals surface area (Å²) < 4.78 is 59.2. The largest absolute Gasteiger partial charge is 1.00 e. The average molecular weight is 403 g/mol. The number of Topliss-reactive ketones (excluding diaryl/α,β-unsaturated/α-hetero) is 1. The molecule has 0 aliphatic rings. The number of benzene rings is 2. The molecule has 0 fully saturated rings. The van der Waals surface area contributed by atoms with Crippen LogP contribution in [0.3, 0.4) is 0 Å². The molecular weight excluding hydrogens is 389 g/mol. The fourth-order valence-corrected chi connectivity index (χ4v) is 3.22. The molecule has 0 spiro atoms. The summed E-state index contributed by atoms with van der Waals surface area (Å²) in [6.45, 7) is 0. The van der Waals surface area contributed by atoms with Gasteiger partial charge in [0.25, 0.3) is 10.0 Å². The molecule has 7 nitrogen and oxygen atoms in total. The van der Waals surface area contributed by atoms with Crippen molar-refractivity contribution in [1.82, 2.24) is 0 Å². The maximum Gasteiger partial charge on any atom is 1.00 e. The Morgan fingerprint density at radius 3 is 2.08 bits per heavy atom. The summed E-state index contributed by atoms with van der Waals surface area (Å²) >= 11 is 0. The summed E-state index contributed by atoms with van der Waals surface area (Å²) in [6, 6.07) is 13.5. The Morgan fingerprint density at radius 1 is 0.962 bits per heavy atom. The average Bonchev–Trinajstić information content (AvgIpc) is 2.58. The number of nitrogens with zero attached hydrogens (tertiary/aromatic N) is 1. The van der Waals surface area contributed by atoms with E-state index in [2.05, 4.69) is 4.40 Å². The van der Waals surface area contributed by atoms with Crippen LogP contribution in [0.5, 0.6) is 0 Å². The molecule has 0 atom stereocenters. The van der Waals surface area contributed by atoms with Gasteiger partial charge in [-0.25, -0.2) is 8.42 Å². The van der Waals surface area contributed by atoms with Crippen LogP contribution in [0.4, 0.5) is 0 Å². The van der Waals surface area contributed by atoms with Gasteiger partial charge < -0.3 is 4.55 Å². The number of sulfonamides is 1. The number of carbonyl (C=O) groups excluding carboxylic acids is 1. The third-order valence-electron chi connectivity index (χ3n) is 3.19. The fourth-order valence-electron chi connectivity index (χ4n) is 1.90. The fraction of sp³-hybridized carbons (Fsp3) is 0.125. The molecule has 0 radical (unpaired) electrons. The summed E-state index contributed by atoms with van der Waals surface area (Å²) in [4.78, 5) is 11.8. The first-order valence-electron chi connectivity index (χ1n) is 7.10. The quantitative estimate of drug-likeness (QED) is 0.243. The van der Waals surface area contributed by atoms with Gasteiger partial charge in [0.15, 0.2) is 5.78 Å². The minimum Gasteiger partial charge on any atom is -0.748 e. The van der Waals surface area contributed by atoms with Gasteiger partial charge in [0.05, 0.1) is 15.0 Å². The third kappa shape index (κ3) is 7.10. The molecule has 2 rings (SSSR count). The minimum absolute atomic E-state index is 0. The van der Waals surface area contributed by atoms with Crippen molar-refractivity contribution in [3.05, 3.63) is 65.7 Å². The van der Waals surface area contributed by atoms with Crippen LogP contribution < -0.4 is 29.6 Å². The summed E-state index contributed by atoms with van der Waals surface area (Å²) in [5, 5.41) is 0. The predicted octanol–water partition coefficient (Wildman–Crippen LogP) is -1.38. The molecule has 0 amide bonds. The summed E-state index contributed by atoms with van der Waals surface area (Å²) in [6.07, 6.45) is 0.750. The molecule has 132 valence electrons. The second-order valence-electron chi connectivity index (χ2n) is 5.08. The van der Waals surface area contributed by atoms with E-state index >= 15 is 0 Å². The molecule has 26 heavy (non-hydrogen) atoms. The van der Waals surface area contributed by atoms with Gasteiger partial charge in [-0.1, -0.05) is 42.5 Å². The molecule has 0 saturated heterocycles. The molecule has 0 saturated carbocycles. The number of ketones is 1. The van der Waals surface area contributed by atoms with Gasteiger partial charge in [-0.05, 0) is 17.7 Å². The van der Waals surface area contributed by atoms with Crippen LogP contribution in [0.2, 0.25) is 0 Å². The van der Waals surface area contributed by atoms with E-state index in [1.165, 1.54) is 36.4 Å². The van der Waals surface area contributed by atoms with Crippen LogP contribution in [-0.4, -0.2) is 39.1 Å². The number of rotatable bonds is 7. The van der Waals surface area contributed by atoms with E-state index in [4.69, 9.17) is 0 Å². The van der Waals surface area contributed by atoms with Gasteiger partial charge >= 0.3 is 29.6 Å². The second kappa shape index (κ2) is 9.54. The van der Waals surface area contributed by atoms with Crippen molar-refractivity contribution in [2.75, 3.05) is 5.75 Å². The van der Waals surface area contributed by atoms with E-state index in [0.717, 1.165) is 6.21 Å². The van der Waals surface area contributed by atoms with Crippen LogP contribution in [0, 0.1) is 0 Å². The summed E-state index contributed by atoms with van der Waals surface area (Å²) in [5.41, 5.74) is 0.680. The first kappa shape index (κ1) is 22.7. The minimum atomic E-state index is -4.45. The standard InChI is InChI=1S/C16H15NO6S2.Na/c18-16(10-11-24(19,20)21)14-8-6-13(7-9-14)12-17-25(22,23)15-4-2-1-3-5-15;/h1-9,12H,10-11H2,(H,19,20,21);/q;+1/p-1. The van der Waals surface area contributed by atoms with Gasteiger partial charge in [-0.3, -0.25) is 4.79 Å². The third-order valence-corrected chi connectivity index (χ3v) is 5.15. The second-order valence-corrected chi connectivity index (χ2v) is 8.24. The zero-order valence-corrected chi connectivity index (χ0v) is 17.5. The smallest absolute Gasteiger partial charge is 0.748 e. The maximum atomic E-state index is 12.0. The molecule has 10 heteroatoms. The van der Waals surface area contributed by atoms with Gasteiger partial charge in [0, 0.05) is 24.0 Å². The first-order chi connectivity index (χ1) is 11.7. The van der Waals surface area contributed by atoms with E-state index < -0.39 is 38.1 Å². The first-order valence-corrected chi connectivity index (χ1v) is 10.1. The van der Waals surface area contributed by atoms with Crippen molar-refractivity contribution in [1.29, 1.82) is 0 Å². The SMILES string of the molecule is O=C(CCS(=O)(=O)[O-])c1ccc(C=NS(=O)(=O)c2ccccc2)cc1.[Na+]. The zero-order chi connectivity index (χ0) is 18.5. The van der Waals surface area contributed by atoms with Gasteiger partial charge in [-0.2, -0.15) is 12.8 Å². The van der Waals surface area contributed by atoms with Gasteiger partial charge in [-0.15, -0.1) is 0 Å². The normalized spacial score (nSPS) is 11.9. The van der Waals surface area contributed by atoms with E-state index in [9.17, 15) is 26.2 Å². The number of hydrogen-bond acceptors (Lipinski definition) is 6. The Hall–Kier alpha value is -1.36. The van der Waals surface area contributed by atoms with Crippen LogP contribution in [-0.2, 0) is 20.1 Å². The van der Waals surface area contributed by atoms with Crippen LogP contribution >= 0.6 is 0 Å². The van der Waals surface area contributed by atoms with Gasteiger partial charge in [0.1, 0.15) is 0 Å². The molecule has 0 bridgehead atoms. The van der Waals surface area contributed by atoms with Crippen molar-refractivity contribution < 1.29 is 55.7 Å². The van der Waals surface area contributed by atoms with Crippen molar-refractivity contribution in [3.63, 3.8) is 0 Å². The maximum absolute atomic E-state index is 12.0. The van der Waals surface area contributed by atoms with Gasteiger partial charge in [0.2, 0.25) is 0 Å². The van der Waals surface area contributed by atoms with E-state index in [-0.39, 0.29) is 40.0 Å². The Kier molecular flexibility index (Phi) is 8.32. The van der Waals surface area contributed by atoms with E-state index in [1.54, 1.807) is 18.2 Å². The molecule has 0 aromatic heterocycles. The molecule has 0 aliphatic heterocycles. The molecule has 0 aliphatic carbocycles. The Bertz CT molecular complexity index is 985. The molecule has 2 aromatic rings. The van der Waals surface area contributed by atoms with E-state index in [0.29, 0.717) is 5.56 Å². The Morgan fingerprint density at radius 2 is 1.54 bits per heavy atom.